The van der Waals surface area contributed by atoms with Crippen LogP contribution in [0, 0.1) is 0 Å². The first-order valence-electron chi connectivity index (χ1n) is 6.69. The summed E-state index contributed by atoms with van der Waals surface area (Å²) in [4.78, 5) is -0.0121. The Kier molecular flexibility index (Phi) is 4.80. The standard InChI is InChI=1S/C15H23O3S/c1-9(2)12-7-13(10(3)4)15(19(16,17)18)14(8-12)11(5)6/h7-11H,1-6H3. The van der Waals surface area contributed by atoms with Gasteiger partial charge in [0.05, 0.1) is 0 Å². The molecule has 1 rings (SSSR count). The zero-order valence-corrected chi connectivity index (χ0v) is 13.3. The molecule has 1 aromatic rings. The molecule has 0 bridgehead atoms. The first kappa shape index (κ1) is 16.2. The Hall–Kier alpha value is -0.870. The van der Waals surface area contributed by atoms with Crippen LogP contribution in [0.15, 0.2) is 17.0 Å². The van der Waals surface area contributed by atoms with Gasteiger partial charge < -0.3 is 0 Å². The molecular formula is C15H23O3S. The van der Waals surface area contributed by atoms with E-state index >= 15 is 0 Å². The van der Waals surface area contributed by atoms with Gasteiger partial charge in [-0.1, -0.05) is 58.2 Å². The molecule has 0 aliphatic carbocycles. The largest absolute Gasteiger partial charge is 0.324 e. The Bertz CT molecular complexity index is 526. The molecule has 19 heavy (non-hydrogen) atoms. The molecule has 0 N–H and O–H groups in total. The Morgan fingerprint density at radius 3 is 1.37 bits per heavy atom. The molecule has 0 saturated carbocycles. The van der Waals surface area contributed by atoms with E-state index in [0.717, 1.165) is 5.56 Å². The third-order valence-corrected chi connectivity index (χ3v) is 4.30. The number of benzene rings is 1. The van der Waals surface area contributed by atoms with Crippen molar-refractivity contribution < 1.29 is 13.0 Å². The summed E-state index contributed by atoms with van der Waals surface area (Å²) in [5.41, 5.74) is 2.37. The zero-order valence-electron chi connectivity index (χ0n) is 12.5. The SMILES string of the molecule is CC(C)c1cc(C(C)C)c(S([O])(=O)=O)c(C(C)C)c1. The molecular weight excluding hydrogens is 260 g/mol. The van der Waals surface area contributed by atoms with Crippen LogP contribution in [-0.4, -0.2) is 8.42 Å². The number of hydrogen-bond donors (Lipinski definition) is 0. The summed E-state index contributed by atoms with van der Waals surface area (Å²) in [7, 11) is -4.45. The maximum absolute atomic E-state index is 11.6. The van der Waals surface area contributed by atoms with Crippen molar-refractivity contribution in [2.24, 2.45) is 0 Å². The highest BCUT2D eigenvalue weighted by Crippen LogP contribution is 2.34. The van der Waals surface area contributed by atoms with Gasteiger partial charge in [-0.15, -0.1) is 0 Å². The van der Waals surface area contributed by atoms with E-state index in [2.05, 4.69) is 13.8 Å². The quantitative estimate of drug-likeness (QED) is 0.832. The van der Waals surface area contributed by atoms with Crippen LogP contribution >= 0.6 is 0 Å². The van der Waals surface area contributed by atoms with Gasteiger partial charge in [-0.25, -0.2) is 0 Å². The molecule has 0 unspecified atom stereocenters. The second-order valence-electron chi connectivity index (χ2n) is 5.95. The smallest absolute Gasteiger partial charge is 0.192 e. The predicted molar refractivity (Wildman–Crippen MR) is 76.6 cm³/mol. The van der Waals surface area contributed by atoms with Crippen molar-refractivity contribution in [3.8, 4) is 0 Å². The molecule has 0 aliphatic rings. The van der Waals surface area contributed by atoms with Gasteiger partial charge in [0.2, 0.25) is 0 Å². The minimum absolute atomic E-state index is 0.00919. The van der Waals surface area contributed by atoms with E-state index in [9.17, 15) is 13.0 Å². The highest BCUT2D eigenvalue weighted by Gasteiger charge is 2.26. The summed E-state index contributed by atoms with van der Waals surface area (Å²) in [5, 5.41) is 0. The molecule has 0 aromatic heterocycles. The Labute approximate surface area is 116 Å². The van der Waals surface area contributed by atoms with E-state index in [1.165, 1.54) is 0 Å². The summed E-state index contributed by atoms with van der Waals surface area (Å²) < 4.78 is 34.8. The van der Waals surface area contributed by atoms with Crippen molar-refractivity contribution in [2.75, 3.05) is 0 Å². The van der Waals surface area contributed by atoms with Crippen LogP contribution < -0.4 is 0 Å². The summed E-state index contributed by atoms with van der Waals surface area (Å²) in [6, 6.07) is 3.73. The topological polar surface area (TPSA) is 54.0 Å². The highest BCUT2D eigenvalue weighted by molar-refractivity contribution is 7.85. The van der Waals surface area contributed by atoms with Crippen LogP contribution in [0.25, 0.3) is 0 Å². The lowest BCUT2D eigenvalue weighted by Gasteiger charge is -2.20. The zero-order chi connectivity index (χ0) is 15.0. The molecule has 0 amide bonds. The van der Waals surface area contributed by atoms with Gasteiger partial charge in [-0.05, 0) is 34.4 Å². The van der Waals surface area contributed by atoms with Gasteiger partial charge in [-0.3, -0.25) is 0 Å². The van der Waals surface area contributed by atoms with Crippen molar-refractivity contribution in [3.05, 3.63) is 28.8 Å². The van der Waals surface area contributed by atoms with Crippen LogP contribution in [0.5, 0.6) is 0 Å². The first-order valence-corrected chi connectivity index (χ1v) is 8.10. The van der Waals surface area contributed by atoms with Crippen molar-refractivity contribution >= 4 is 10.1 Å². The average molecular weight is 283 g/mol. The molecule has 0 aliphatic heterocycles. The summed E-state index contributed by atoms with van der Waals surface area (Å²) in [6.07, 6.45) is 0. The van der Waals surface area contributed by atoms with Crippen molar-refractivity contribution in [1.29, 1.82) is 0 Å². The molecule has 3 nitrogen and oxygen atoms in total. The summed E-state index contributed by atoms with van der Waals surface area (Å²) in [6.45, 7) is 11.8. The van der Waals surface area contributed by atoms with E-state index in [1.54, 1.807) is 0 Å². The normalized spacial score (nSPS) is 12.7. The lowest BCUT2D eigenvalue weighted by Crippen LogP contribution is -2.10. The maximum atomic E-state index is 11.6. The van der Waals surface area contributed by atoms with Gasteiger partial charge in [-0.2, -0.15) is 8.42 Å². The fourth-order valence-corrected chi connectivity index (χ4v) is 3.34. The summed E-state index contributed by atoms with van der Waals surface area (Å²) in [5.74, 6) is 0.322. The fourth-order valence-electron chi connectivity index (χ4n) is 2.18. The monoisotopic (exact) mass is 283 g/mol. The first-order chi connectivity index (χ1) is 8.55. The van der Waals surface area contributed by atoms with E-state index in [1.807, 2.05) is 39.8 Å². The maximum Gasteiger partial charge on any atom is 0.324 e. The van der Waals surface area contributed by atoms with Crippen LogP contribution in [0.1, 0.15) is 76.0 Å². The van der Waals surface area contributed by atoms with Crippen molar-refractivity contribution in [3.63, 3.8) is 0 Å². The molecule has 107 valence electrons. The minimum atomic E-state index is -4.45. The molecule has 0 heterocycles. The van der Waals surface area contributed by atoms with Gasteiger partial charge in [0, 0.05) is 0 Å². The van der Waals surface area contributed by atoms with E-state index < -0.39 is 10.1 Å². The Morgan fingerprint density at radius 1 is 0.789 bits per heavy atom. The lowest BCUT2D eigenvalue weighted by molar-refractivity contribution is 0.411. The third-order valence-electron chi connectivity index (χ3n) is 3.33. The highest BCUT2D eigenvalue weighted by atomic mass is 32.2. The number of hydrogen-bond acceptors (Lipinski definition) is 2. The van der Waals surface area contributed by atoms with Gasteiger partial charge in [0.15, 0.2) is 0 Å². The lowest BCUT2D eigenvalue weighted by atomic mass is 9.89. The molecule has 4 heteroatoms. The molecule has 1 aromatic carbocycles. The van der Waals surface area contributed by atoms with E-state index in [4.69, 9.17) is 0 Å². The predicted octanol–water partition coefficient (Wildman–Crippen LogP) is 4.18. The Balaban J connectivity index is 3.77. The van der Waals surface area contributed by atoms with Gasteiger partial charge >= 0.3 is 10.1 Å². The fraction of sp³-hybridized carbons (Fsp3) is 0.600. The third kappa shape index (κ3) is 3.57. The molecule has 0 spiro atoms. The van der Waals surface area contributed by atoms with Gasteiger partial charge in [0.1, 0.15) is 4.90 Å². The van der Waals surface area contributed by atoms with Crippen LogP contribution in [0.4, 0.5) is 0 Å². The molecule has 0 saturated heterocycles. The summed E-state index contributed by atoms with van der Waals surface area (Å²) >= 11 is 0. The van der Waals surface area contributed by atoms with Crippen LogP contribution in [-0.2, 0) is 14.7 Å². The van der Waals surface area contributed by atoms with Crippen LogP contribution in [0.3, 0.4) is 0 Å². The average Bonchev–Trinajstić information content (AvgIpc) is 2.25. The van der Waals surface area contributed by atoms with E-state index in [0.29, 0.717) is 17.0 Å². The number of rotatable bonds is 4. The molecule has 0 atom stereocenters. The Morgan fingerprint density at radius 2 is 1.16 bits per heavy atom. The van der Waals surface area contributed by atoms with E-state index in [-0.39, 0.29) is 16.7 Å². The van der Waals surface area contributed by atoms with Crippen LogP contribution in [0.2, 0.25) is 0 Å². The van der Waals surface area contributed by atoms with Gasteiger partial charge in [0.25, 0.3) is 0 Å². The second-order valence-corrected chi connectivity index (χ2v) is 7.26. The van der Waals surface area contributed by atoms with Crippen molar-refractivity contribution in [2.45, 2.75) is 64.2 Å². The minimum Gasteiger partial charge on any atom is -0.192 e. The van der Waals surface area contributed by atoms with Crippen molar-refractivity contribution in [1.82, 2.24) is 0 Å². The second kappa shape index (κ2) is 5.63. The molecule has 1 radical (unpaired) electrons. The molecule has 0 fully saturated rings.